The maximum atomic E-state index is 13.0. The molecule has 0 saturated carbocycles. The smallest absolute Gasteiger partial charge is 0.251 e. The van der Waals surface area contributed by atoms with Gasteiger partial charge in [0.05, 0.1) is 6.04 Å². The lowest BCUT2D eigenvalue weighted by Crippen LogP contribution is -2.26. The first-order chi connectivity index (χ1) is 9.06. The molecule has 2 nitrogen and oxygen atoms in total. The van der Waals surface area contributed by atoms with Gasteiger partial charge >= 0.3 is 0 Å². The zero-order valence-corrected chi connectivity index (χ0v) is 10.4. The quantitative estimate of drug-likeness (QED) is 0.900. The fourth-order valence-corrected chi connectivity index (χ4v) is 1.79. The van der Waals surface area contributed by atoms with E-state index in [1.165, 1.54) is 0 Å². The summed E-state index contributed by atoms with van der Waals surface area (Å²) in [6.07, 6.45) is 0. The van der Waals surface area contributed by atoms with Crippen molar-refractivity contribution in [1.82, 2.24) is 5.32 Å². The summed E-state index contributed by atoms with van der Waals surface area (Å²) in [4.78, 5) is 11.9. The summed E-state index contributed by atoms with van der Waals surface area (Å²) in [5, 5.41) is 2.69. The third-order valence-electron chi connectivity index (χ3n) is 2.77. The van der Waals surface area contributed by atoms with Gasteiger partial charge < -0.3 is 5.32 Å². The van der Waals surface area contributed by atoms with Crippen molar-refractivity contribution in [2.45, 2.75) is 13.0 Å². The van der Waals surface area contributed by atoms with E-state index in [4.69, 9.17) is 0 Å². The highest BCUT2D eigenvalue weighted by Gasteiger charge is 2.13. The minimum atomic E-state index is -0.766. The minimum absolute atomic E-state index is 0.0275. The molecule has 1 amide bonds. The molecule has 0 bridgehead atoms. The van der Waals surface area contributed by atoms with E-state index in [0.717, 1.165) is 23.8 Å². The highest BCUT2D eigenvalue weighted by Crippen LogP contribution is 2.13. The summed E-state index contributed by atoms with van der Waals surface area (Å²) in [6, 6.07) is 11.9. The Morgan fingerprint density at radius 3 is 2.21 bits per heavy atom. The van der Waals surface area contributed by atoms with Crippen LogP contribution in [0.4, 0.5) is 8.78 Å². The van der Waals surface area contributed by atoms with Crippen LogP contribution in [0.15, 0.2) is 48.5 Å². The maximum Gasteiger partial charge on any atom is 0.251 e. The first-order valence-corrected chi connectivity index (χ1v) is 5.88. The molecule has 2 aromatic carbocycles. The Balaban J connectivity index is 2.13. The molecule has 0 fully saturated rings. The molecule has 1 N–H and O–H groups in total. The summed E-state index contributed by atoms with van der Waals surface area (Å²) in [5.41, 5.74) is 0.896. The van der Waals surface area contributed by atoms with Crippen molar-refractivity contribution in [3.8, 4) is 0 Å². The summed E-state index contributed by atoms with van der Waals surface area (Å²) >= 11 is 0. The van der Waals surface area contributed by atoms with Gasteiger partial charge in [-0.15, -0.1) is 0 Å². The third-order valence-corrected chi connectivity index (χ3v) is 2.77. The van der Waals surface area contributed by atoms with E-state index >= 15 is 0 Å². The Kier molecular flexibility index (Phi) is 3.90. The molecule has 0 aromatic heterocycles. The SMILES string of the molecule is CC(NC(=O)c1cc(F)cc(F)c1)c1ccccc1. The van der Waals surface area contributed by atoms with Gasteiger partial charge in [0.1, 0.15) is 11.6 Å². The summed E-state index contributed by atoms with van der Waals surface area (Å²) < 4.78 is 26.1. The standard InChI is InChI=1S/C15H13F2NO/c1-10(11-5-3-2-4-6-11)18-15(19)12-7-13(16)9-14(17)8-12/h2-10H,1H3,(H,18,19). The lowest BCUT2D eigenvalue weighted by atomic mass is 10.1. The second-order valence-corrected chi connectivity index (χ2v) is 4.26. The Hall–Kier alpha value is -2.23. The average Bonchev–Trinajstić information content (AvgIpc) is 2.38. The first-order valence-electron chi connectivity index (χ1n) is 5.88. The Labute approximate surface area is 110 Å². The van der Waals surface area contributed by atoms with Crippen LogP contribution in [-0.2, 0) is 0 Å². The van der Waals surface area contributed by atoms with E-state index in [9.17, 15) is 13.6 Å². The predicted molar refractivity (Wildman–Crippen MR) is 68.7 cm³/mol. The highest BCUT2D eigenvalue weighted by molar-refractivity contribution is 5.94. The second-order valence-electron chi connectivity index (χ2n) is 4.26. The Bertz CT molecular complexity index is 564. The molecular weight excluding hydrogens is 248 g/mol. The fraction of sp³-hybridized carbons (Fsp3) is 0.133. The average molecular weight is 261 g/mol. The molecule has 0 aliphatic heterocycles. The summed E-state index contributed by atoms with van der Waals surface area (Å²) in [6.45, 7) is 1.81. The Morgan fingerprint density at radius 2 is 1.63 bits per heavy atom. The third kappa shape index (κ3) is 3.37. The number of nitrogens with one attached hydrogen (secondary N) is 1. The number of hydrogen-bond donors (Lipinski definition) is 1. The molecular formula is C15H13F2NO. The van der Waals surface area contributed by atoms with E-state index in [1.807, 2.05) is 37.3 Å². The molecule has 19 heavy (non-hydrogen) atoms. The van der Waals surface area contributed by atoms with Gasteiger partial charge in [-0.3, -0.25) is 4.79 Å². The number of carbonyl (C=O) groups excluding carboxylic acids is 1. The Morgan fingerprint density at radius 1 is 1.05 bits per heavy atom. The predicted octanol–water partition coefficient (Wildman–Crippen LogP) is 3.46. The van der Waals surface area contributed by atoms with Crippen LogP contribution in [0.1, 0.15) is 28.9 Å². The van der Waals surface area contributed by atoms with Gasteiger partial charge in [-0.2, -0.15) is 0 Å². The molecule has 2 rings (SSSR count). The van der Waals surface area contributed by atoms with Gasteiger partial charge in [-0.25, -0.2) is 8.78 Å². The van der Waals surface area contributed by atoms with Crippen LogP contribution in [-0.4, -0.2) is 5.91 Å². The zero-order chi connectivity index (χ0) is 13.8. The second kappa shape index (κ2) is 5.61. The molecule has 0 saturated heterocycles. The van der Waals surface area contributed by atoms with Gasteiger partial charge in [-0.1, -0.05) is 30.3 Å². The molecule has 1 unspecified atom stereocenters. The van der Waals surface area contributed by atoms with E-state index in [1.54, 1.807) is 0 Å². The van der Waals surface area contributed by atoms with Crippen LogP contribution >= 0.6 is 0 Å². The summed E-state index contributed by atoms with van der Waals surface area (Å²) in [7, 11) is 0. The monoisotopic (exact) mass is 261 g/mol. The molecule has 4 heteroatoms. The van der Waals surface area contributed by atoms with Gasteiger partial charge in [-0.05, 0) is 24.6 Å². The van der Waals surface area contributed by atoms with Gasteiger partial charge in [0.25, 0.3) is 5.91 Å². The van der Waals surface area contributed by atoms with Gasteiger partial charge in [0, 0.05) is 11.6 Å². The van der Waals surface area contributed by atoms with Crippen molar-refractivity contribution in [2.24, 2.45) is 0 Å². The maximum absolute atomic E-state index is 13.0. The number of halogens is 2. The van der Waals surface area contributed by atoms with Gasteiger partial charge in [0.2, 0.25) is 0 Å². The first kappa shape index (κ1) is 13.2. The molecule has 98 valence electrons. The number of hydrogen-bond acceptors (Lipinski definition) is 1. The molecule has 0 aliphatic rings. The molecule has 0 heterocycles. The molecule has 0 aliphatic carbocycles. The lowest BCUT2D eigenvalue weighted by Gasteiger charge is -2.14. The van der Waals surface area contributed by atoms with Crippen molar-refractivity contribution in [2.75, 3.05) is 0 Å². The normalized spacial score (nSPS) is 11.9. The molecule has 2 aromatic rings. The number of amides is 1. The number of benzene rings is 2. The van der Waals surface area contributed by atoms with Crippen LogP contribution in [0, 0.1) is 11.6 Å². The van der Waals surface area contributed by atoms with Crippen molar-refractivity contribution >= 4 is 5.91 Å². The fourth-order valence-electron chi connectivity index (χ4n) is 1.79. The van der Waals surface area contributed by atoms with E-state index in [0.29, 0.717) is 0 Å². The van der Waals surface area contributed by atoms with Crippen molar-refractivity contribution in [3.05, 3.63) is 71.3 Å². The number of carbonyl (C=O) groups is 1. The molecule has 0 radical (unpaired) electrons. The largest absolute Gasteiger partial charge is 0.346 e. The van der Waals surface area contributed by atoms with Crippen molar-refractivity contribution in [3.63, 3.8) is 0 Å². The zero-order valence-electron chi connectivity index (χ0n) is 10.4. The van der Waals surface area contributed by atoms with Crippen LogP contribution in [0.25, 0.3) is 0 Å². The number of rotatable bonds is 3. The van der Waals surface area contributed by atoms with Crippen LogP contribution in [0.2, 0.25) is 0 Å². The minimum Gasteiger partial charge on any atom is -0.346 e. The van der Waals surface area contributed by atoms with Crippen LogP contribution in [0.5, 0.6) is 0 Å². The molecule has 1 atom stereocenters. The van der Waals surface area contributed by atoms with Crippen LogP contribution < -0.4 is 5.32 Å². The molecule has 0 spiro atoms. The van der Waals surface area contributed by atoms with E-state index in [-0.39, 0.29) is 11.6 Å². The van der Waals surface area contributed by atoms with Crippen molar-refractivity contribution < 1.29 is 13.6 Å². The van der Waals surface area contributed by atoms with Crippen LogP contribution in [0.3, 0.4) is 0 Å². The van der Waals surface area contributed by atoms with E-state index in [2.05, 4.69) is 5.32 Å². The van der Waals surface area contributed by atoms with E-state index < -0.39 is 17.5 Å². The van der Waals surface area contributed by atoms with Crippen molar-refractivity contribution in [1.29, 1.82) is 0 Å². The summed E-state index contributed by atoms with van der Waals surface area (Å²) in [5.74, 6) is -2.04. The topological polar surface area (TPSA) is 29.1 Å². The highest BCUT2D eigenvalue weighted by atomic mass is 19.1. The van der Waals surface area contributed by atoms with Gasteiger partial charge in [0.15, 0.2) is 0 Å². The lowest BCUT2D eigenvalue weighted by molar-refractivity contribution is 0.0939.